The quantitative estimate of drug-likeness (QED) is 0.732. The van der Waals surface area contributed by atoms with E-state index in [0.29, 0.717) is 0 Å². The highest BCUT2D eigenvalue weighted by Crippen LogP contribution is 2.18. The number of rotatable bonds is 3. The number of fused-ring (bicyclic) bond motifs is 1. The summed E-state index contributed by atoms with van der Waals surface area (Å²) in [6.45, 7) is 2.84. The van der Waals surface area contributed by atoms with E-state index >= 15 is 0 Å². The summed E-state index contributed by atoms with van der Waals surface area (Å²) in [6.07, 6.45) is 5.68. The van der Waals surface area contributed by atoms with Gasteiger partial charge >= 0.3 is 0 Å². The first-order chi connectivity index (χ1) is 8.83. The Hall–Kier alpha value is -2.29. The number of aromatic nitrogens is 2. The summed E-state index contributed by atoms with van der Waals surface area (Å²) >= 11 is 0. The van der Waals surface area contributed by atoms with Gasteiger partial charge < -0.3 is 10.3 Å². The van der Waals surface area contributed by atoms with Crippen molar-refractivity contribution in [1.82, 2.24) is 9.97 Å². The molecular weight excluding hydrogens is 222 g/mol. The second-order valence-electron chi connectivity index (χ2n) is 4.46. The van der Waals surface area contributed by atoms with Crippen LogP contribution in [0.2, 0.25) is 0 Å². The van der Waals surface area contributed by atoms with Crippen LogP contribution in [0.1, 0.15) is 11.1 Å². The van der Waals surface area contributed by atoms with Gasteiger partial charge in [0.05, 0.1) is 11.2 Å². The Morgan fingerprint density at radius 1 is 1.22 bits per heavy atom. The molecule has 2 N–H and O–H groups in total. The van der Waals surface area contributed by atoms with Gasteiger partial charge in [0.2, 0.25) is 0 Å². The zero-order valence-corrected chi connectivity index (χ0v) is 10.3. The summed E-state index contributed by atoms with van der Waals surface area (Å²) in [4.78, 5) is 7.46. The van der Waals surface area contributed by atoms with Gasteiger partial charge in [0.25, 0.3) is 0 Å². The summed E-state index contributed by atoms with van der Waals surface area (Å²) in [7, 11) is 0. The minimum atomic E-state index is 0.795. The molecule has 0 atom stereocenters. The number of nitrogens with one attached hydrogen (secondary N) is 2. The number of aromatic amines is 1. The maximum atomic E-state index is 4.18. The van der Waals surface area contributed by atoms with Crippen LogP contribution in [0.15, 0.2) is 48.9 Å². The summed E-state index contributed by atoms with van der Waals surface area (Å²) in [6, 6.07) is 10.5. The monoisotopic (exact) mass is 237 g/mol. The highest BCUT2D eigenvalue weighted by atomic mass is 14.9. The molecule has 2 aromatic heterocycles. The van der Waals surface area contributed by atoms with Crippen molar-refractivity contribution in [2.45, 2.75) is 13.5 Å². The van der Waals surface area contributed by atoms with Crippen molar-refractivity contribution in [2.75, 3.05) is 5.32 Å². The van der Waals surface area contributed by atoms with E-state index in [1.807, 2.05) is 25.5 Å². The fourth-order valence-corrected chi connectivity index (χ4v) is 2.15. The van der Waals surface area contributed by atoms with Crippen LogP contribution in [0.4, 0.5) is 5.69 Å². The second-order valence-corrected chi connectivity index (χ2v) is 4.46. The topological polar surface area (TPSA) is 40.7 Å². The Bertz CT molecular complexity index is 670. The molecule has 3 aromatic rings. The predicted octanol–water partition coefficient (Wildman–Crippen LogP) is 3.48. The average Bonchev–Trinajstić information content (AvgIpc) is 2.85. The molecule has 3 nitrogen and oxygen atoms in total. The lowest BCUT2D eigenvalue weighted by Gasteiger charge is -2.07. The molecule has 90 valence electrons. The highest BCUT2D eigenvalue weighted by molar-refractivity contribution is 5.82. The van der Waals surface area contributed by atoms with Crippen molar-refractivity contribution in [3.63, 3.8) is 0 Å². The van der Waals surface area contributed by atoms with E-state index in [1.54, 1.807) is 0 Å². The van der Waals surface area contributed by atoms with Crippen molar-refractivity contribution in [2.24, 2.45) is 0 Å². The number of hydrogen-bond acceptors (Lipinski definition) is 2. The first-order valence-corrected chi connectivity index (χ1v) is 6.03. The first-order valence-electron chi connectivity index (χ1n) is 6.03. The molecule has 18 heavy (non-hydrogen) atoms. The van der Waals surface area contributed by atoms with Gasteiger partial charge in [0, 0.05) is 25.1 Å². The summed E-state index contributed by atoms with van der Waals surface area (Å²) in [5.41, 5.74) is 4.68. The van der Waals surface area contributed by atoms with E-state index in [4.69, 9.17) is 0 Å². The molecule has 0 saturated heterocycles. The smallest absolute Gasteiger partial charge is 0.0532 e. The average molecular weight is 237 g/mol. The van der Waals surface area contributed by atoms with Crippen LogP contribution in [0.5, 0.6) is 0 Å². The zero-order chi connectivity index (χ0) is 12.4. The molecule has 0 bridgehead atoms. The van der Waals surface area contributed by atoms with E-state index < -0.39 is 0 Å². The Morgan fingerprint density at radius 3 is 3.06 bits per heavy atom. The maximum absolute atomic E-state index is 4.18. The van der Waals surface area contributed by atoms with Crippen LogP contribution in [-0.2, 0) is 6.54 Å². The number of nitrogens with zero attached hydrogens (tertiary/aromatic N) is 1. The summed E-state index contributed by atoms with van der Waals surface area (Å²) in [5.74, 6) is 0. The lowest BCUT2D eigenvalue weighted by Crippen LogP contribution is -2.00. The van der Waals surface area contributed by atoms with E-state index in [0.717, 1.165) is 17.8 Å². The molecule has 0 fully saturated rings. The Morgan fingerprint density at radius 2 is 2.17 bits per heavy atom. The van der Waals surface area contributed by atoms with Crippen LogP contribution in [-0.4, -0.2) is 9.97 Å². The van der Waals surface area contributed by atoms with Gasteiger partial charge in [-0.3, -0.25) is 4.98 Å². The van der Waals surface area contributed by atoms with Gasteiger partial charge in [0.1, 0.15) is 0 Å². The standard InChI is InChI=1S/C15H15N3/c1-11-7-14(10-16-8-11)18-9-13-4-2-3-12-5-6-17-15(12)13/h2-8,10,17-18H,9H2,1H3. The third kappa shape index (κ3) is 2.07. The number of hydrogen-bond donors (Lipinski definition) is 2. The van der Waals surface area contributed by atoms with Crippen molar-refractivity contribution < 1.29 is 0 Å². The molecule has 3 heteroatoms. The van der Waals surface area contributed by atoms with E-state index in [9.17, 15) is 0 Å². The van der Waals surface area contributed by atoms with Gasteiger partial charge in [-0.2, -0.15) is 0 Å². The number of H-pyrrole nitrogens is 1. The summed E-state index contributed by atoms with van der Waals surface area (Å²) < 4.78 is 0. The Kier molecular flexibility index (Phi) is 2.73. The molecule has 0 amide bonds. The second kappa shape index (κ2) is 4.53. The molecule has 0 spiro atoms. The van der Waals surface area contributed by atoms with E-state index in [-0.39, 0.29) is 0 Å². The lowest BCUT2D eigenvalue weighted by molar-refractivity contribution is 1.14. The van der Waals surface area contributed by atoms with Crippen LogP contribution in [0, 0.1) is 6.92 Å². The summed E-state index contributed by atoms with van der Waals surface area (Å²) in [5, 5.41) is 4.65. The van der Waals surface area contributed by atoms with Crippen LogP contribution < -0.4 is 5.32 Å². The van der Waals surface area contributed by atoms with Gasteiger partial charge in [-0.05, 0) is 35.6 Å². The molecule has 0 unspecified atom stereocenters. The molecule has 0 aliphatic heterocycles. The molecule has 0 saturated carbocycles. The zero-order valence-electron chi connectivity index (χ0n) is 10.3. The predicted molar refractivity (Wildman–Crippen MR) is 74.6 cm³/mol. The number of aryl methyl sites for hydroxylation is 1. The molecule has 2 heterocycles. The van der Waals surface area contributed by atoms with Crippen LogP contribution >= 0.6 is 0 Å². The van der Waals surface area contributed by atoms with Gasteiger partial charge in [-0.25, -0.2) is 0 Å². The highest BCUT2D eigenvalue weighted by Gasteiger charge is 2.01. The molecular formula is C15H15N3. The first kappa shape index (κ1) is 10.8. The minimum Gasteiger partial charge on any atom is -0.380 e. The molecule has 0 aliphatic rings. The lowest BCUT2D eigenvalue weighted by atomic mass is 10.1. The van der Waals surface area contributed by atoms with Gasteiger partial charge in [-0.1, -0.05) is 18.2 Å². The van der Waals surface area contributed by atoms with Gasteiger partial charge in [-0.15, -0.1) is 0 Å². The Balaban J connectivity index is 1.83. The van der Waals surface area contributed by atoms with Crippen LogP contribution in [0.3, 0.4) is 0 Å². The van der Waals surface area contributed by atoms with E-state index in [2.05, 4.69) is 45.6 Å². The third-order valence-electron chi connectivity index (χ3n) is 3.03. The number of benzene rings is 1. The SMILES string of the molecule is Cc1cncc(NCc2cccc3cc[nH]c23)c1. The Labute approximate surface area is 106 Å². The molecule has 3 rings (SSSR count). The maximum Gasteiger partial charge on any atom is 0.0532 e. The number of para-hydroxylation sites is 1. The minimum absolute atomic E-state index is 0.795. The van der Waals surface area contributed by atoms with Crippen LogP contribution in [0.25, 0.3) is 10.9 Å². The van der Waals surface area contributed by atoms with Crippen molar-refractivity contribution >= 4 is 16.6 Å². The molecule has 0 radical (unpaired) electrons. The molecule has 0 aliphatic carbocycles. The van der Waals surface area contributed by atoms with Crippen molar-refractivity contribution in [3.8, 4) is 0 Å². The van der Waals surface area contributed by atoms with E-state index in [1.165, 1.54) is 16.5 Å². The number of anilines is 1. The van der Waals surface area contributed by atoms with Gasteiger partial charge in [0.15, 0.2) is 0 Å². The fraction of sp³-hybridized carbons (Fsp3) is 0.133. The van der Waals surface area contributed by atoms with Crippen molar-refractivity contribution in [1.29, 1.82) is 0 Å². The third-order valence-corrected chi connectivity index (χ3v) is 3.03. The number of pyridine rings is 1. The van der Waals surface area contributed by atoms with Crippen molar-refractivity contribution in [3.05, 3.63) is 60.0 Å². The molecule has 1 aromatic carbocycles. The fourth-order valence-electron chi connectivity index (χ4n) is 2.15. The largest absolute Gasteiger partial charge is 0.380 e. The normalized spacial score (nSPS) is 10.7.